The van der Waals surface area contributed by atoms with Crippen molar-refractivity contribution in [2.75, 3.05) is 21.3 Å². The van der Waals surface area contributed by atoms with E-state index in [9.17, 15) is 18.6 Å². The lowest BCUT2D eigenvalue weighted by Crippen LogP contribution is -2.23. The van der Waals surface area contributed by atoms with Crippen LogP contribution in [0.25, 0.3) is 17.2 Å². The number of hydrogen-bond donors (Lipinski definition) is 2. The van der Waals surface area contributed by atoms with E-state index in [0.29, 0.717) is 17.7 Å². The molecule has 10 nitrogen and oxygen atoms in total. The van der Waals surface area contributed by atoms with E-state index in [2.05, 4.69) is 14.5 Å². The number of aryl methyl sites for hydroxylation is 1. The largest absolute Gasteiger partial charge is 0.508 e. The van der Waals surface area contributed by atoms with Gasteiger partial charge in [-0.2, -0.15) is 0 Å². The van der Waals surface area contributed by atoms with Crippen LogP contribution in [0.5, 0.6) is 17.2 Å². The molecule has 2 N–H and O–H groups in total. The van der Waals surface area contributed by atoms with E-state index in [1.165, 1.54) is 26.4 Å². The fourth-order valence-electron chi connectivity index (χ4n) is 4.42. The summed E-state index contributed by atoms with van der Waals surface area (Å²) in [5, 5.41) is 2.93. The second-order valence-corrected chi connectivity index (χ2v) is 10.4. The molecule has 0 radical (unpaired) electrons. The number of fused-ring (bicyclic) bond motifs is 1. The molecule has 4 rings (SSSR count). The molecular formula is C28H30FN2O8P. The average molecular weight is 573 g/mol. The van der Waals surface area contributed by atoms with Gasteiger partial charge in [0.25, 0.3) is 0 Å². The number of amides is 1. The van der Waals surface area contributed by atoms with Gasteiger partial charge in [-0.25, -0.2) is 8.96 Å². The zero-order chi connectivity index (χ0) is 29.0. The predicted octanol–water partition coefficient (Wildman–Crippen LogP) is 5.27. The Bertz CT molecular complexity index is 1520. The number of carbonyl (C=O) groups is 1. The lowest BCUT2D eigenvalue weighted by molar-refractivity contribution is -0.127. The van der Waals surface area contributed by atoms with E-state index in [-0.39, 0.29) is 29.6 Å². The Labute approximate surface area is 231 Å². The van der Waals surface area contributed by atoms with Crippen molar-refractivity contribution in [3.63, 3.8) is 0 Å². The van der Waals surface area contributed by atoms with Gasteiger partial charge in [0.05, 0.1) is 27.2 Å². The highest BCUT2D eigenvalue weighted by atomic mass is 31.2. The lowest BCUT2D eigenvalue weighted by Gasteiger charge is -2.15. The van der Waals surface area contributed by atoms with Crippen molar-refractivity contribution in [1.29, 1.82) is 0 Å². The minimum absolute atomic E-state index is 0.0710. The molecule has 1 aliphatic rings. The van der Waals surface area contributed by atoms with Gasteiger partial charge in [-0.3, -0.25) is 9.32 Å². The number of phosphoric acid groups is 1. The van der Waals surface area contributed by atoms with Crippen LogP contribution in [0.4, 0.5) is 4.39 Å². The maximum absolute atomic E-state index is 14.3. The average Bonchev–Trinajstić information content (AvgIpc) is 3.46. The first-order chi connectivity index (χ1) is 19.1. The molecule has 2 aromatic carbocycles. The Morgan fingerprint density at radius 3 is 2.40 bits per heavy atom. The molecule has 40 heavy (non-hydrogen) atoms. The molecule has 1 atom stereocenters. The highest BCUT2D eigenvalue weighted by Crippen LogP contribution is 2.48. The summed E-state index contributed by atoms with van der Waals surface area (Å²) in [6, 6.07) is 11.5. The number of methoxy groups -OCH3 is 2. The lowest BCUT2D eigenvalue weighted by atomic mass is 10.00. The van der Waals surface area contributed by atoms with Crippen LogP contribution in [-0.4, -0.2) is 36.7 Å². The fourth-order valence-corrected chi connectivity index (χ4v) is 4.65. The van der Waals surface area contributed by atoms with Gasteiger partial charge >= 0.3 is 7.82 Å². The second kappa shape index (κ2) is 12.1. The molecule has 1 aromatic heterocycles. The summed E-state index contributed by atoms with van der Waals surface area (Å²) in [6.45, 7) is 2.26. The highest BCUT2D eigenvalue weighted by Gasteiger charge is 2.27. The predicted molar refractivity (Wildman–Crippen MR) is 147 cm³/mol. The van der Waals surface area contributed by atoms with Gasteiger partial charge in [0.15, 0.2) is 11.5 Å². The van der Waals surface area contributed by atoms with E-state index in [1.807, 2.05) is 42.9 Å². The Morgan fingerprint density at radius 1 is 1.10 bits per heavy atom. The SMILES string of the molecule is COc1cc(/C=C2/C(C)=C(CC(=O)NCc3cccn3C)c3cc(F)ccc32)cc(OC)c1OOP(=O)(O)OC. The van der Waals surface area contributed by atoms with E-state index in [4.69, 9.17) is 14.4 Å². The number of allylic oxidation sites excluding steroid dienone is 2. The summed E-state index contributed by atoms with van der Waals surface area (Å²) in [7, 11) is 1.23. The summed E-state index contributed by atoms with van der Waals surface area (Å²) in [5.41, 5.74) is 5.32. The molecule has 0 saturated heterocycles. The molecule has 1 aliphatic carbocycles. The van der Waals surface area contributed by atoms with Crippen LogP contribution in [0, 0.1) is 5.82 Å². The van der Waals surface area contributed by atoms with E-state index < -0.39 is 13.6 Å². The molecule has 0 fully saturated rings. The summed E-state index contributed by atoms with van der Waals surface area (Å²) in [5.74, 6) is -0.357. The molecule has 1 amide bonds. The van der Waals surface area contributed by atoms with Crippen molar-refractivity contribution in [3.8, 4) is 17.2 Å². The molecule has 0 saturated carbocycles. The normalized spacial score (nSPS) is 15.1. The number of carbonyl (C=O) groups excluding carboxylic acids is 1. The number of ether oxygens (including phenoxy) is 2. The molecule has 12 heteroatoms. The number of benzene rings is 2. The maximum Gasteiger partial charge on any atom is 0.508 e. The van der Waals surface area contributed by atoms with Gasteiger partial charge in [-0.05, 0) is 82.8 Å². The third kappa shape index (κ3) is 6.29. The Balaban J connectivity index is 1.68. The maximum atomic E-state index is 14.3. The van der Waals surface area contributed by atoms with Crippen molar-refractivity contribution in [3.05, 3.63) is 82.4 Å². The fraction of sp³-hybridized carbons (Fsp3) is 0.250. The van der Waals surface area contributed by atoms with Crippen molar-refractivity contribution in [2.45, 2.75) is 19.9 Å². The van der Waals surface area contributed by atoms with Crippen molar-refractivity contribution >= 4 is 31.0 Å². The van der Waals surface area contributed by atoms with Crippen LogP contribution < -0.4 is 19.7 Å². The molecule has 1 unspecified atom stereocenters. The Kier molecular flexibility index (Phi) is 8.80. The molecule has 1 heterocycles. The summed E-state index contributed by atoms with van der Waals surface area (Å²) in [4.78, 5) is 27.4. The standard InChI is InChI=1S/C28H30FN2O8P/c1-17-22(11-18-12-25(35-3)28(26(13-18)36-4)38-39-40(33,34)37-5)21-9-8-19(29)14-24(21)23(17)15-27(32)30-16-20-7-6-10-31(20)2/h6-14H,15-16H2,1-5H3,(H,30,32)(H,33,34)/b22-11-. The van der Waals surface area contributed by atoms with E-state index in [0.717, 1.165) is 35.1 Å². The number of halogens is 1. The first-order valence-corrected chi connectivity index (χ1v) is 13.7. The van der Waals surface area contributed by atoms with Crippen LogP contribution >= 0.6 is 7.82 Å². The van der Waals surface area contributed by atoms with Crippen molar-refractivity contribution in [2.24, 2.45) is 7.05 Å². The second-order valence-electron chi connectivity index (χ2n) is 8.98. The van der Waals surface area contributed by atoms with Crippen molar-refractivity contribution < 1.29 is 42.2 Å². The first-order valence-electron chi connectivity index (χ1n) is 12.2. The summed E-state index contributed by atoms with van der Waals surface area (Å²) < 4.78 is 47.6. The van der Waals surface area contributed by atoms with Gasteiger partial charge in [0.1, 0.15) is 5.82 Å². The minimum atomic E-state index is -4.44. The van der Waals surface area contributed by atoms with E-state index >= 15 is 0 Å². The minimum Gasteiger partial charge on any atom is -0.493 e. The van der Waals surface area contributed by atoms with Crippen LogP contribution in [-0.2, 0) is 32.2 Å². The van der Waals surface area contributed by atoms with Crippen LogP contribution in [0.1, 0.15) is 35.7 Å². The smallest absolute Gasteiger partial charge is 0.493 e. The zero-order valence-corrected chi connectivity index (χ0v) is 23.6. The van der Waals surface area contributed by atoms with Crippen LogP contribution in [0.15, 0.2) is 54.2 Å². The molecule has 212 valence electrons. The third-order valence-corrected chi connectivity index (χ3v) is 7.27. The molecule has 0 spiro atoms. The van der Waals surface area contributed by atoms with Gasteiger partial charge in [0.2, 0.25) is 11.7 Å². The monoisotopic (exact) mass is 572 g/mol. The van der Waals surface area contributed by atoms with Crippen LogP contribution in [0.2, 0.25) is 0 Å². The Hall–Kier alpha value is -3.89. The molecule has 3 aromatic rings. The van der Waals surface area contributed by atoms with Gasteiger partial charge in [0, 0.05) is 26.0 Å². The van der Waals surface area contributed by atoms with Gasteiger partial charge in [-0.1, -0.05) is 10.7 Å². The summed E-state index contributed by atoms with van der Waals surface area (Å²) >= 11 is 0. The van der Waals surface area contributed by atoms with Crippen molar-refractivity contribution in [1.82, 2.24) is 9.88 Å². The zero-order valence-electron chi connectivity index (χ0n) is 22.7. The number of phosphoric ester groups is 1. The summed E-state index contributed by atoms with van der Waals surface area (Å²) in [6.07, 6.45) is 3.83. The topological polar surface area (TPSA) is 117 Å². The number of aromatic nitrogens is 1. The number of nitrogens with zero attached hydrogens (tertiary/aromatic N) is 1. The molecular weight excluding hydrogens is 542 g/mol. The molecule has 0 bridgehead atoms. The quantitative estimate of drug-likeness (QED) is 0.181. The van der Waals surface area contributed by atoms with Gasteiger partial charge < -0.3 is 29.1 Å². The van der Waals surface area contributed by atoms with Gasteiger partial charge in [-0.15, -0.1) is 0 Å². The Morgan fingerprint density at radius 2 is 1.80 bits per heavy atom. The highest BCUT2D eigenvalue weighted by molar-refractivity contribution is 7.47. The first kappa shape index (κ1) is 29.1. The number of rotatable bonds is 11. The molecule has 0 aliphatic heterocycles. The number of nitrogens with one attached hydrogen (secondary N) is 1. The van der Waals surface area contributed by atoms with Crippen LogP contribution in [0.3, 0.4) is 0 Å². The van der Waals surface area contributed by atoms with E-state index in [1.54, 1.807) is 18.2 Å². The number of hydrogen-bond acceptors (Lipinski definition) is 7. The third-order valence-electron chi connectivity index (χ3n) is 6.55.